The van der Waals surface area contributed by atoms with Gasteiger partial charge in [0.25, 0.3) is 0 Å². The summed E-state index contributed by atoms with van der Waals surface area (Å²) in [5, 5.41) is 22.8. The van der Waals surface area contributed by atoms with Gasteiger partial charge in [-0.1, -0.05) is 0 Å². The van der Waals surface area contributed by atoms with E-state index in [-0.39, 0.29) is 48.0 Å². The minimum atomic E-state index is -1.44. The third-order valence-electron chi connectivity index (χ3n) is 6.71. The molecule has 2 saturated heterocycles. The summed E-state index contributed by atoms with van der Waals surface area (Å²) in [6.45, 7) is 2.64. The number of nitrogens with zero attached hydrogens (tertiary/aromatic N) is 4. The van der Waals surface area contributed by atoms with Gasteiger partial charge < -0.3 is 19.8 Å². The Morgan fingerprint density at radius 2 is 2.11 bits per heavy atom. The van der Waals surface area contributed by atoms with Crippen molar-refractivity contribution in [2.75, 3.05) is 24.6 Å². The maximum atomic E-state index is 12.9. The van der Waals surface area contributed by atoms with E-state index in [1.165, 1.54) is 22.1 Å². The first-order chi connectivity index (χ1) is 16.8. The molecule has 0 saturated carbocycles. The molecule has 0 aliphatic carbocycles. The molecule has 0 amide bonds. The second-order valence-electron chi connectivity index (χ2n) is 9.20. The number of carbonyl (C=O) groups excluding carboxylic acids is 1. The van der Waals surface area contributed by atoms with Crippen LogP contribution in [0.4, 0.5) is 5.82 Å². The molecule has 5 rings (SSSR count). The highest BCUT2D eigenvalue weighted by molar-refractivity contribution is 7.12. The number of aryl methyl sites for hydroxylation is 1. The number of ether oxygens (including phenoxy) is 1. The number of rotatable bonds is 7. The summed E-state index contributed by atoms with van der Waals surface area (Å²) in [6, 6.07) is 1.68. The van der Waals surface area contributed by atoms with Crippen LogP contribution < -0.4 is 10.3 Å². The average Bonchev–Trinajstić information content (AvgIpc) is 3.35. The van der Waals surface area contributed by atoms with Crippen molar-refractivity contribution < 1.29 is 24.5 Å². The topological polar surface area (TPSA) is 135 Å². The lowest BCUT2D eigenvalue weighted by Crippen LogP contribution is -2.66. The molecule has 2 fully saturated rings. The van der Waals surface area contributed by atoms with Gasteiger partial charge >= 0.3 is 5.97 Å². The van der Waals surface area contributed by atoms with Gasteiger partial charge in [-0.3, -0.25) is 14.2 Å². The van der Waals surface area contributed by atoms with Crippen molar-refractivity contribution in [3.63, 3.8) is 0 Å². The number of anilines is 1. The molecule has 10 nitrogen and oxygen atoms in total. The number of β-amino-alcohol motifs (C(OH)–C–C–N with tert-alkyl or cyclic N) is 1. The van der Waals surface area contributed by atoms with Crippen LogP contribution in [0.15, 0.2) is 28.6 Å². The van der Waals surface area contributed by atoms with Crippen LogP contribution in [0.2, 0.25) is 0 Å². The number of pyridine rings is 2. The van der Waals surface area contributed by atoms with Crippen LogP contribution in [0, 0.1) is 6.92 Å². The zero-order valence-corrected chi connectivity index (χ0v) is 20.1. The molecule has 5 heterocycles. The maximum absolute atomic E-state index is 12.9. The van der Waals surface area contributed by atoms with E-state index in [4.69, 9.17) is 4.74 Å². The molecule has 1 unspecified atom stereocenters. The molecule has 0 aromatic carbocycles. The van der Waals surface area contributed by atoms with E-state index in [1.54, 1.807) is 29.5 Å². The number of carboxylic acids is 1. The van der Waals surface area contributed by atoms with Crippen LogP contribution in [-0.2, 0) is 9.53 Å². The SMILES string of the molecule is Cc1cc(N2CC(O)(C(=O)CCC3CCCCO3)C2)nc2c1c(=O)c(C(=O)O)cn2-c1nccs1. The fourth-order valence-electron chi connectivity index (χ4n) is 4.76. The van der Waals surface area contributed by atoms with Gasteiger partial charge in [0.05, 0.1) is 24.6 Å². The van der Waals surface area contributed by atoms with Crippen molar-refractivity contribution in [1.29, 1.82) is 0 Å². The number of Topliss-reactive ketones (excluding diaryl/α,β-unsaturated/α-hetero) is 1. The van der Waals surface area contributed by atoms with Gasteiger partial charge in [0.2, 0.25) is 5.43 Å². The van der Waals surface area contributed by atoms with Crippen molar-refractivity contribution >= 4 is 39.9 Å². The molecule has 35 heavy (non-hydrogen) atoms. The van der Waals surface area contributed by atoms with Crippen LogP contribution in [0.5, 0.6) is 0 Å². The summed E-state index contributed by atoms with van der Waals surface area (Å²) in [6.07, 6.45) is 6.88. The Morgan fingerprint density at radius 1 is 1.31 bits per heavy atom. The lowest BCUT2D eigenvalue weighted by atomic mass is 9.86. The van der Waals surface area contributed by atoms with E-state index in [1.807, 2.05) is 0 Å². The van der Waals surface area contributed by atoms with Crippen molar-refractivity contribution in [2.45, 2.75) is 50.7 Å². The Labute approximate surface area is 204 Å². The smallest absolute Gasteiger partial charge is 0.341 e. The minimum Gasteiger partial charge on any atom is -0.477 e. The highest BCUT2D eigenvalue weighted by Gasteiger charge is 2.47. The Morgan fingerprint density at radius 3 is 2.77 bits per heavy atom. The van der Waals surface area contributed by atoms with Crippen LogP contribution >= 0.6 is 11.3 Å². The summed E-state index contributed by atoms with van der Waals surface area (Å²) in [4.78, 5) is 48.0. The minimum absolute atomic E-state index is 0.0792. The van der Waals surface area contributed by atoms with Crippen molar-refractivity contribution in [1.82, 2.24) is 14.5 Å². The number of aliphatic hydroxyl groups is 1. The lowest BCUT2D eigenvalue weighted by molar-refractivity contribution is -0.140. The predicted octanol–water partition coefficient (Wildman–Crippen LogP) is 2.32. The summed E-state index contributed by atoms with van der Waals surface area (Å²) in [7, 11) is 0. The average molecular weight is 499 g/mol. The summed E-state index contributed by atoms with van der Waals surface area (Å²) in [5.41, 5.74) is -1.59. The zero-order valence-electron chi connectivity index (χ0n) is 19.3. The van der Waals surface area contributed by atoms with Gasteiger partial charge in [0.1, 0.15) is 11.4 Å². The van der Waals surface area contributed by atoms with Gasteiger partial charge in [0, 0.05) is 30.8 Å². The fraction of sp³-hybridized carbons (Fsp3) is 0.458. The van der Waals surface area contributed by atoms with Crippen LogP contribution in [0.1, 0.15) is 48.0 Å². The third kappa shape index (κ3) is 4.35. The number of hydrogen-bond donors (Lipinski definition) is 2. The molecule has 0 bridgehead atoms. The maximum Gasteiger partial charge on any atom is 0.341 e. The van der Waals surface area contributed by atoms with E-state index >= 15 is 0 Å². The number of carbonyl (C=O) groups is 2. The number of carboxylic acid groups (broad SMARTS) is 1. The summed E-state index contributed by atoms with van der Waals surface area (Å²) >= 11 is 1.29. The lowest BCUT2D eigenvalue weighted by Gasteiger charge is -2.46. The largest absolute Gasteiger partial charge is 0.477 e. The molecular weight excluding hydrogens is 472 g/mol. The summed E-state index contributed by atoms with van der Waals surface area (Å²) in [5.74, 6) is -1.03. The quantitative estimate of drug-likeness (QED) is 0.503. The molecule has 0 spiro atoms. The Kier molecular flexibility index (Phi) is 6.16. The third-order valence-corrected chi connectivity index (χ3v) is 7.48. The van der Waals surface area contributed by atoms with Gasteiger partial charge in [-0.25, -0.2) is 14.8 Å². The normalized spacial score (nSPS) is 19.5. The van der Waals surface area contributed by atoms with Crippen molar-refractivity contribution in [3.05, 3.63) is 45.2 Å². The standard InChI is InChI=1S/C24H26N4O6S/c1-14-10-18(27-12-24(33,13-27)17(29)6-5-15-4-2-3-8-34-15)26-21-19(14)20(30)16(22(31)32)11-28(21)23-25-7-9-35-23/h7,9-11,15,33H,2-6,8,12-13H2,1H3,(H,31,32). The van der Waals surface area contributed by atoms with Crippen molar-refractivity contribution in [3.8, 4) is 5.13 Å². The number of aromatic carboxylic acids is 1. The molecule has 1 atom stereocenters. The second-order valence-corrected chi connectivity index (χ2v) is 10.1. The predicted molar refractivity (Wildman–Crippen MR) is 130 cm³/mol. The number of ketones is 1. The molecule has 2 aliphatic rings. The monoisotopic (exact) mass is 498 g/mol. The highest BCUT2D eigenvalue weighted by Crippen LogP contribution is 2.32. The Hall–Kier alpha value is -3.15. The molecule has 0 radical (unpaired) electrons. The summed E-state index contributed by atoms with van der Waals surface area (Å²) < 4.78 is 7.19. The molecule has 3 aromatic heterocycles. The molecule has 11 heteroatoms. The first-order valence-corrected chi connectivity index (χ1v) is 12.5. The molecular formula is C24H26N4O6S. The van der Waals surface area contributed by atoms with Crippen LogP contribution in [0.3, 0.4) is 0 Å². The number of hydrogen-bond acceptors (Lipinski definition) is 9. The van der Waals surface area contributed by atoms with E-state index in [0.29, 0.717) is 22.9 Å². The van der Waals surface area contributed by atoms with E-state index in [2.05, 4.69) is 9.97 Å². The molecule has 2 N–H and O–H groups in total. The molecule has 184 valence electrons. The second kappa shape index (κ2) is 9.14. The van der Waals surface area contributed by atoms with E-state index in [0.717, 1.165) is 25.9 Å². The fourth-order valence-corrected chi connectivity index (χ4v) is 5.37. The first-order valence-electron chi connectivity index (χ1n) is 11.6. The van der Waals surface area contributed by atoms with E-state index < -0.39 is 17.0 Å². The van der Waals surface area contributed by atoms with Crippen LogP contribution in [0.25, 0.3) is 16.2 Å². The first kappa shape index (κ1) is 23.6. The van der Waals surface area contributed by atoms with Gasteiger partial charge in [-0.2, -0.15) is 0 Å². The van der Waals surface area contributed by atoms with Crippen LogP contribution in [-0.4, -0.2) is 67.9 Å². The highest BCUT2D eigenvalue weighted by atomic mass is 32.1. The number of aromatic nitrogens is 3. The zero-order chi connectivity index (χ0) is 24.7. The number of fused-ring (bicyclic) bond motifs is 1. The van der Waals surface area contributed by atoms with Crippen molar-refractivity contribution in [2.24, 2.45) is 0 Å². The molecule has 3 aromatic rings. The number of thiazole rings is 1. The Balaban J connectivity index is 1.41. The van der Waals surface area contributed by atoms with Gasteiger partial charge in [-0.15, -0.1) is 11.3 Å². The van der Waals surface area contributed by atoms with E-state index in [9.17, 15) is 24.6 Å². The van der Waals surface area contributed by atoms with Gasteiger partial charge in [0.15, 0.2) is 22.2 Å². The van der Waals surface area contributed by atoms with Gasteiger partial charge in [-0.05, 0) is 44.2 Å². The Bertz CT molecular complexity index is 1340. The molecule has 2 aliphatic heterocycles.